The number of ether oxygens (including phenoxy) is 1. The van der Waals surface area contributed by atoms with E-state index in [9.17, 15) is 8.42 Å². The Hall–Kier alpha value is -0.950. The van der Waals surface area contributed by atoms with Gasteiger partial charge in [0, 0.05) is 25.8 Å². The topological polar surface area (TPSA) is 67.4 Å². The summed E-state index contributed by atoms with van der Waals surface area (Å²) < 4.78 is 32.2. The first-order chi connectivity index (χ1) is 10.0. The molecule has 0 radical (unpaired) electrons. The highest BCUT2D eigenvalue weighted by Gasteiger charge is 2.15. The summed E-state index contributed by atoms with van der Waals surface area (Å²) in [6.07, 6.45) is 0.667. The van der Waals surface area contributed by atoms with Crippen molar-refractivity contribution in [1.29, 1.82) is 0 Å². The largest absolute Gasteiger partial charge is 0.382 e. The molecule has 0 aromatic heterocycles. The Labute approximate surface area is 128 Å². The smallest absolute Gasteiger partial charge is 0.240 e. The number of benzene rings is 1. The van der Waals surface area contributed by atoms with Gasteiger partial charge in [0.05, 0.1) is 4.90 Å². The van der Waals surface area contributed by atoms with E-state index in [2.05, 4.69) is 10.0 Å². The van der Waals surface area contributed by atoms with Crippen LogP contribution in [-0.2, 0) is 14.8 Å². The third kappa shape index (κ3) is 6.13. The summed E-state index contributed by atoms with van der Waals surface area (Å²) in [5.74, 6) is 0. The van der Waals surface area contributed by atoms with E-state index < -0.39 is 10.0 Å². The van der Waals surface area contributed by atoms with E-state index in [4.69, 9.17) is 4.74 Å². The molecule has 1 atom stereocenters. The Bertz CT molecular complexity index is 517. The lowest BCUT2D eigenvalue weighted by molar-refractivity contribution is 0.146. The molecule has 5 nitrogen and oxygen atoms in total. The summed E-state index contributed by atoms with van der Waals surface area (Å²) in [7, 11) is -3.45. The second kappa shape index (κ2) is 9.15. The molecule has 0 heterocycles. The van der Waals surface area contributed by atoms with Crippen molar-refractivity contribution in [3.05, 3.63) is 29.8 Å². The highest BCUT2D eigenvalue weighted by Crippen LogP contribution is 2.17. The Morgan fingerprint density at radius 2 is 2.05 bits per heavy atom. The Morgan fingerprint density at radius 3 is 2.71 bits per heavy atom. The lowest BCUT2D eigenvalue weighted by atomic mass is 10.1. The maximum Gasteiger partial charge on any atom is 0.240 e. The zero-order valence-electron chi connectivity index (χ0n) is 13.1. The first-order valence-corrected chi connectivity index (χ1v) is 8.90. The third-order valence-electron chi connectivity index (χ3n) is 3.14. The lowest BCUT2D eigenvalue weighted by Crippen LogP contribution is -2.26. The zero-order chi connectivity index (χ0) is 15.7. The van der Waals surface area contributed by atoms with Crippen molar-refractivity contribution in [1.82, 2.24) is 10.0 Å². The quantitative estimate of drug-likeness (QED) is 0.649. The summed E-state index contributed by atoms with van der Waals surface area (Å²) in [6, 6.07) is 7.17. The van der Waals surface area contributed by atoms with Crippen LogP contribution in [0.2, 0.25) is 0 Å². The van der Waals surface area contributed by atoms with Crippen molar-refractivity contribution in [3.8, 4) is 0 Å². The van der Waals surface area contributed by atoms with Crippen LogP contribution in [0.4, 0.5) is 0 Å². The van der Waals surface area contributed by atoms with Gasteiger partial charge >= 0.3 is 0 Å². The predicted octanol–water partition coefficient (Wildman–Crippen LogP) is 2.06. The molecule has 1 unspecified atom stereocenters. The Balaban J connectivity index is 2.68. The third-order valence-corrected chi connectivity index (χ3v) is 4.60. The fourth-order valence-electron chi connectivity index (χ4n) is 1.98. The minimum Gasteiger partial charge on any atom is -0.382 e. The number of sulfonamides is 1. The van der Waals surface area contributed by atoms with Gasteiger partial charge in [0.2, 0.25) is 10.0 Å². The van der Waals surface area contributed by atoms with E-state index in [1.54, 1.807) is 18.2 Å². The molecule has 21 heavy (non-hydrogen) atoms. The van der Waals surface area contributed by atoms with Gasteiger partial charge in [-0.2, -0.15) is 0 Å². The monoisotopic (exact) mass is 314 g/mol. The van der Waals surface area contributed by atoms with Gasteiger partial charge in [-0.05, 0) is 44.5 Å². The second-order valence-electron chi connectivity index (χ2n) is 4.80. The second-order valence-corrected chi connectivity index (χ2v) is 6.57. The molecule has 0 fully saturated rings. The molecule has 0 aliphatic carbocycles. The predicted molar refractivity (Wildman–Crippen MR) is 84.8 cm³/mol. The minimum atomic E-state index is -3.45. The molecule has 0 aliphatic rings. The Morgan fingerprint density at radius 1 is 1.29 bits per heavy atom. The van der Waals surface area contributed by atoms with Gasteiger partial charge < -0.3 is 10.1 Å². The summed E-state index contributed by atoms with van der Waals surface area (Å²) in [5, 5.41) is 3.28. The number of hydrogen-bond donors (Lipinski definition) is 2. The van der Waals surface area contributed by atoms with Crippen LogP contribution >= 0.6 is 0 Å². The molecular formula is C15H26N2O3S. The average Bonchev–Trinajstić information content (AvgIpc) is 2.47. The van der Waals surface area contributed by atoms with Crippen LogP contribution in [0.5, 0.6) is 0 Å². The molecule has 1 aromatic rings. The molecule has 0 saturated carbocycles. The number of nitrogens with one attached hydrogen (secondary N) is 2. The van der Waals surface area contributed by atoms with Crippen molar-refractivity contribution < 1.29 is 13.2 Å². The molecule has 0 bridgehead atoms. The van der Waals surface area contributed by atoms with Crippen molar-refractivity contribution in [3.63, 3.8) is 0 Å². The summed E-state index contributed by atoms with van der Waals surface area (Å²) in [6.45, 7) is 8.40. The maximum atomic E-state index is 12.2. The van der Waals surface area contributed by atoms with Gasteiger partial charge in [-0.25, -0.2) is 13.1 Å². The summed E-state index contributed by atoms with van der Waals surface area (Å²) in [5.41, 5.74) is 0.967. The van der Waals surface area contributed by atoms with Crippen LogP contribution < -0.4 is 10.0 Å². The summed E-state index contributed by atoms with van der Waals surface area (Å²) >= 11 is 0. The van der Waals surface area contributed by atoms with Crippen LogP contribution in [-0.4, -0.2) is 34.7 Å². The van der Waals surface area contributed by atoms with Crippen molar-refractivity contribution in [2.24, 2.45) is 0 Å². The van der Waals surface area contributed by atoms with E-state index in [0.29, 0.717) is 31.1 Å². The minimum absolute atomic E-state index is 0.128. The standard InChI is InChI=1S/C15H26N2O3S/c1-4-16-13(3)14-8-6-9-15(12-14)21(18,19)17-10-7-11-20-5-2/h6,8-9,12-13,16-17H,4-5,7,10-11H2,1-3H3. The van der Waals surface area contributed by atoms with Crippen LogP contribution in [0.3, 0.4) is 0 Å². The molecule has 1 rings (SSSR count). The number of hydrogen-bond acceptors (Lipinski definition) is 4. The zero-order valence-corrected chi connectivity index (χ0v) is 13.9. The molecule has 6 heteroatoms. The van der Waals surface area contributed by atoms with Crippen molar-refractivity contribution in [2.45, 2.75) is 38.1 Å². The van der Waals surface area contributed by atoms with E-state index in [-0.39, 0.29) is 6.04 Å². The maximum absolute atomic E-state index is 12.2. The highest BCUT2D eigenvalue weighted by molar-refractivity contribution is 7.89. The van der Waals surface area contributed by atoms with Crippen LogP contribution in [0.15, 0.2) is 29.2 Å². The van der Waals surface area contributed by atoms with E-state index in [1.165, 1.54) is 0 Å². The molecular weight excluding hydrogens is 288 g/mol. The molecule has 0 saturated heterocycles. The first-order valence-electron chi connectivity index (χ1n) is 7.42. The molecule has 0 amide bonds. The van der Waals surface area contributed by atoms with Gasteiger partial charge in [0.25, 0.3) is 0 Å². The van der Waals surface area contributed by atoms with Crippen molar-refractivity contribution >= 4 is 10.0 Å². The normalized spacial score (nSPS) is 13.3. The molecule has 2 N–H and O–H groups in total. The number of rotatable bonds is 10. The van der Waals surface area contributed by atoms with Crippen LogP contribution in [0.1, 0.15) is 38.8 Å². The molecule has 1 aromatic carbocycles. The average molecular weight is 314 g/mol. The summed E-state index contributed by atoms with van der Waals surface area (Å²) in [4.78, 5) is 0.307. The Kier molecular flexibility index (Phi) is 7.88. The van der Waals surface area contributed by atoms with Crippen LogP contribution in [0.25, 0.3) is 0 Å². The highest BCUT2D eigenvalue weighted by atomic mass is 32.2. The van der Waals surface area contributed by atoms with Gasteiger partial charge in [-0.1, -0.05) is 19.1 Å². The van der Waals surface area contributed by atoms with E-state index in [0.717, 1.165) is 12.1 Å². The first kappa shape index (κ1) is 18.1. The lowest BCUT2D eigenvalue weighted by Gasteiger charge is -2.14. The van der Waals surface area contributed by atoms with E-state index in [1.807, 2.05) is 26.8 Å². The van der Waals surface area contributed by atoms with Gasteiger partial charge in [-0.15, -0.1) is 0 Å². The van der Waals surface area contributed by atoms with Crippen LogP contribution in [0, 0.1) is 0 Å². The van der Waals surface area contributed by atoms with Gasteiger partial charge in [-0.3, -0.25) is 0 Å². The van der Waals surface area contributed by atoms with E-state index >= 15 is 0 Å². The molecule has 120 valence electrons. The van der Waals surface area contributed by atoms with Crippen molar-refractivity contribution in [2.75, 3.05) is 26.3 Å². The molecule has 0 spiro atoms. The fraction of sp³-hybridized carbons (Fsp3) is 0.600. The SMILES string of the molecule is CCNC(C)c1cccc(S(=O)(=O)NCCCOCC)c1. The van der Waals surface area contributed by atoms with Gasteiger partial charge in [0.1, 0.15) is 0 Å². The molecule has 0 aliphatic heterocycles. The van der Waals surface area contributed by atoms with Gasteiger partial charge in [0.15, 0.2) is 0 Å². The fourth-order valence-corrected chi connectivity index (χ4v) is 3.11.